The summed E-state index contributed by atoms with van der Waals surface area (Å²) in [6.45, 7) is 7.98. The second-order valence-electron chi connectivity index (χ2n) is 8.22. The maximum atomic E-state index is 13.2. The first-order chi connectivity index (χ1) is 14.3. The van der Waals surface area contributed by atoms with Crippen LogP contribution in [0.4, 0.5) is 14.9 Å². The lowest BCUT2D eigenvalue weighted by atomic mass is 9.98. The molecule has 0 radical (unpaired) electrons. The second kappa shape index (κ2) is 10.0. The smallest absolute Gasteiger partial charge is 0.319 e. The first kappa shape index (κ1) is 22.2. The number of hydrogen-bond acceptors (Lipinski definition) is 4. The zero-order chi connectivity index (χ0) is 21.7. The van der Waals surface area contributed by atoms with Crippen molar-refractivity contribution in [2.45, 2.75) is 40.0 Å². The molecule has 1 saturated heterocycles. The number of anilines is 1. The molecule has 0 spiro atoms. The van der Waals surface area contributed by atoms with Gasteiger partial charge in [-0.2, -0.15) is 0 Å². The van der Waals surface area contributed by atoms with E-state index in [2.05, 4.69) is 29.5 Å². The van der Waals surface area contributed by atoms with E-state index in [1.807, 2.05) is 11.8 Å². The number of carbonyl (C=O) groups excluding carboxylic acids is 2. The highest BCUT2D eigenvalue weighted by Gasteiger charge is 2.27. The Hall–Kier alpha value is -2.48. The number of amides is 3. The molecule has 3 amide bonds. The SMILES string of the molecule is Cc1nc(CC(C)C)sc1C(=O)N1CCCC(CNC(=O)Nc2cccc(F)c2)C1. The third-order valence-electron chi connectivity index (χ3n) is 5.06. The highest BCUT2D eigenvalue weighted by Crippen LogP contribution is 2.25. The average Bonchev–Trinajstić information content (AvgIpc) is 3.05. The number of nitrogens with zero attached hydrogens (tertiary/aromatic N) is 2. The molecule has 3 rings (SSSR count). The summed E-state index contributed by atoms with van der Waals surface area (Å²) in [5, 5.41) is 6.48. The third kappa shape index (κ3) is 6.01. The fraction of sp³-hybridized carbons (Fsp3) is 0.500. The molecule has 30 heavy (non-hydrogen) atoms. The Bertz CT molecular complexity index is 899. The van der Waals surface area contributed by atoms with Gasteiger partial charge in [-0.1, -0.05) is 19.9 Å². The van der Waals surface area contributed by atoms with Crippen molar-refractivity contribution in [1.29, 1.82) is 0 Å². The number of urea groups is 1. The molecule has 0 aliphatic carbocycles. The topological polar surface area (TPSA) is 74.3 Å². The average molecular weight is 433 g/mol. The Morgan fingerprint density at radius 1 is 1.37 bits per heavy atom. The molecule has 8 heteroatoms. The van der Waals surface area contributed by atoms with Gasteiger partial charge in [-0.3, -0.25) is 4.79 Å². The molecule has 2 heterocycles. The van der Waals surface area contributed by atoms with Gasteiger partial charge in [0.15, 0.2) is 0 Å². The van der Waals surface area contributed by atoms with Crippen LogP contribution in [0.15, 0.2) is 24.3 Å². The molecule has 1 atom stereocenters. The van der Waals surface area contributed by atoms with Crippen molar-refractivity contribution in [1.82, 2.24) is 15.2 Å². The van der Waals surface area contributed by atoms with E-state index < -0.39 is 5.82 Å². The molecule has 1 aromatic heterocycles. The summed E-state index contributed by atoms with van der Waals surface area (Å²) >= 11 is 1.50. The Kier molecular flexibility index (Phi) is 7.42. The third-order valence-corrected chi connectivity index (χ3v) is 6.23. The number of carbonyl (C=O) groups is 2. The summed E-state index contributed by atoms with van der Waals surface area (Å²) in [5.74, 6) is 0.324. The number of piperidine rings is 1. The van der Waals surface area contributed by atoms with Gasteiger partial charge < -0.3 is 15.5 Å². The summed E-state index contributed by atoms with van der Waals surface area (Å²) in [4.78, 5) is 32.3. The molecule has 0 saturated carbocycles. The first-order valence-corrected chi connectivity index (χ1v) is 11.2. The maximum absolute atomic E-state index is 13.2. The summed E-state index contributed by atoms with van der Waals surface area (Å²) in [5.41, 5.74) is 1.21. The van der Waals surface area contributed by atoms with Crippen LogP contribution in [0, 0.1) is 24.6 Å². The van der Waals surface area contributed by atoms with Gasteiger partial charge in [0.2, 0.25) is 0 Å². The Labute approximate surface area is 180 Å². The number of aromatic nitrogens is 1. The molecule has 1 unspecified atom stereocenters. The number of halogens is 1. The number of likely N-dealkylation sites (tertiary alicyclic amines) is 1. The fourth-order valence-corrected chi connectivity index (χ4v) is 4.87. The minimum Gasteiger partial charge on any atom is -0.338 e. The van der Waals surface area contributed by atoms with E-state index in [-0.39, 0.29) is 17.9 Å². The molecule has 2 N–H and O–H groups in total. The summed E-state index contributed by atoms with van der Waals surface area (Å²) < 4.78 is 13.2. The van der Waals surface area contributed by atoms with Gasteiger partial charge in [-0.25, -0.2) is 14.2 Å². The van der Waals surface area contributed by atoms with Gasteiger partial charge in [0.25, 0.3) is 5.91 Å². The minimum atomic E-state index is -0.399. The van der Waals surface area contributed by atoms with E-state index in [9.17, 15) is 14.0 Å². The molecule has 2 aromatic rings. The van der Waals surface area contributed by atoms with Crippen molar-refractivity contribution in [3.8, 4) is 0 Å². The second-order valence-corrected chi connectivity index (χ2v) is 9.31. The largest absolute Gasteiger partial charge is 0.338 e. The summed E-state index contributed by atoms with van der Waals surface area (Å²) in [6, 6.07) is 5.40. The molecule has 1 aliphatic heterocycles. The van der Waals surface area contributed by atoms with Crippen LogP contribution >= 0.6 is 11.3 Å². The van der Waals surface area contributed by atoms with Crippen LogP contribution in [0.25, 0.3) is 0 Å². The molecule has 162 valence electrons. The number of hydrogen-bond donors (Lipinski definition) is 2. The molecule has 1 aromatic carbocycles. The van der Waals surface area contributed by atoms with E-state index in [4.69, 9.17) is 0 Å². The van der Waals surface area contributed by atoms with Gasteiger partial charge in [-0.15, -0.1) is 11.3 Å². The van der Waals surface area contributed by atoms with E-state index in [0.717, 1.165) is 41.4 Å². The van der Waals surface area contributed by atoms with Crippen molar-refractivity contribution in [3.63, 3.8) is 0 Å². The molecule has 0 bridgehead atoms. The van der Waals surface area contributed by atoms with E-state index in [0.29, 0.717) is 24.7 Å². The van der Waals surface area contributed by atoms with Crippen LogP contribution in [-0.2, 0) is 6.42 Å². The summed E-state index contributed by atoms with van der Waals surface area (Å²) in [7, 11) is 0. The normalized spacial score (nSPS) is 16.6. The van der Waals surface area contributed by atoms with Crippen molar-refractivity contribution in [3.05, 3.63) is 45.7 Å². The van der Waals surface area contributed by atoms with Crippen molar-refractivity contribution in [2.75, 3.05) is 25.0 Å². The Morgan fingerprint density at radius 2 is 2.17 bits per heavy atom. The zero-order valence-electron chi connectivity index (χ0n) is 17.7. The lowest BCUT2D eigenvalue weighted by molar-refractivity contribution is 0.0679. The van der Waals surface area contributed by atoms with Crippen LogP contribution in [0.2, 0.25) is 0 Å². The zero-order valence-corrected chi connectivity index (χ0v) is 18.5. The molecule has 1 aliphatic rings. The quantitative estimate of drug-likeness (QED) is 0.708. The van der Waals surface area contributed by atoms with Crippen LogP contribution in [-0.4, -0.2) is 41.5 Å². The van der Waals surface area contributed by atoms with Gasteiger partial charge >= 0.3 is 6.03 Å². The van der Waals surface area contributed by atoms with Gasteiger partial charge in [0.05, 0.1) is 10.7 Å². The molecular formula is C22H29FN4O2S. The van der Waals surface area contributed by atoms with Crippen molar-refractivity contribution in [2.24, 2.45) is 11.8 Å². The first-order valence-electron chi connectivity index (χ1n) is 10.4. The van der Waals surface area contributed by atoms with E-state index in [1.54, 1.807) is 12.1 Å². The number of thiazole rings is 1. The monoisotopic (exact) mass is 432 g/mol. The van der Waals surface area contributed by atoms with Crippen LogP contribution in [0.3, 0.4) is 0 Å². The Morgan fingerprint density at radius 3 is 2.90 bits per heavy atom. The number of rotatable bonds is 6. The van der Waals surface area contributed by atoms with E-state index in [1.165, 1.54) is 23.5 Å². The van der Waals surface area contributed by atoms with E-state index >= 15 is 0 Å². The predicted molar refractivity (Wildman–Crippen MR) is 117 cm³/mol. The molecule has 6 nitrogen and oxygen atoms in total. The number of aryl methyl sites for hydroxylation is 1. The number of benzene rings is 1. The van der Waals surface area contributed by atoms with Crippen molar-refractivity contribution < 1.29 is 14.0 Å². The lowest BCUT2D eigenvalue weighted by Crippen LogP contribution is -2.44. The van der Waals surface area contributed by atoms with Crippen LogP contribution in [0.5, 0.6) is 0 Å². The molecular weight excluding hydrogens is 403 g/mol. The van der Waals surface area contributed by atoms with Crippen molar-refractivity contribution >= 4 is 29.0 Å². The highest BCUT2D eigenvalue weighted by molar-refractivity contribution is 7.13. The predicted octanol–water partition coefficient (Wildman–Crippen LogP) is 4.46. The van der Waals surface area contributed by atoms with Gasteiger partial charge in [0, 0.05) is 31.7 Å². The number of nitrogens with one attached hydrogen (secondary N) is 2. The highest BCUT2D eigenvalue weighted by atomic mass is 32.1. The Balaban J connectivity index is 1.53. The standard InChI is InChI=1S/C22H29FN4O2S/c1-14(2)10-19-25-15(3)20(30-19)21(28)27-9-5-6-16(13-27)12-24-22(29)26-18-8-4-7-17(23)11-18/h4,7-8,11,14,16H,5-6,9-10,12-13H2,1-3H3,(H2,24,26,29). The fourth-order valence-electron chi connectivity index (χ4n) is 3.63. The van der Waals surface area contributed by atoms with Gasteiger partial charge in [0.1, 0.15) is 10.7 Å². The lowest BCUT2D eigenvalue weighted by Gasteiger charge is -2.32. The summed E-state index contributed by atoms with van der Waals surface area (Å²) in [6.07, 6.45) is 2.73. The maximum Gasteiger partial charge on any atom is 0.319 e. The minimum absolute atomic E-state index is 0.0360. The van der Waals surface area contributed by atoms with Crippen LogP contribution < -0.4 is 10.6 Å². The van der Waals surface area contributed by atoms with Crippen LogP contribution in [0.1, 0.15) is 47.1 Å². The van der Waals surface area contributed by atoms with Gasteiger partial charge in [-0.05, 0) is 49.8 Å². The molecule has 1 fully saturated rings.